The highest BCUT2D eigenvalue weighted by Gasteiger charge is 2.37. The Kier molecular flexibility index (Phi) is 5.59. The topological polar surface area (TPSA) is 86.7 Å². The molecule has 0 spiro atoms. The van der Waals surface area contributed by atoms with Crippen LogP contribution in [0.4, 0.5) is 0 Å². The van der Waals surface area contributed by atoms with Crippen molar-refractivity contribution in [3.8, 4) is 0 Å². The van der Waals surface area contributed by atoms with E-state index in [1.807, 2.05) is 32.0 Å². The highest BCUT2D eigenvalue weighted by atomic mass is 16.4. The molecule has 24 heavy (non-hydrogen) atoms. The van der Waals surface area contributed by atoms with E-state index in [0.717, 1.165) is 5.56 Å². The van der Waals surface area contributed by atoms with E-state index in [-0.39, 0.29) is 24.3 Å². The first-order chi connectivity index (χ1) is 11.3. The molecule has 3 atom stereocenters. The largest absolute Gasteiger partial charge is 0.481 e. The van der Waals surface area contributed by atoms with Crippen molar-refractivity contribution in [2.45, 2.75) is 39.3 Å². The molecule has 0 bridgehead atoms. The van der Waals surface area contributed by atoms with Crippen LogP contribution >= 0.6 is 0 Å². The summed E-state index contributed by atoms with van der Waals surface area (Å²) in [5.41, 5.74) is 0.741. The lowest BCUT2D eigenvalue weighted by Gasteiger charge is -2.25. The maximum absolute atomic E-state index is 12.6. The number of rotatable bonds is 6. The van der Waals surface area contributed by atoms with E-state index in [2.05, 4.69) is 5.32 Å². The molecule has 1 heterocycles. The van der Waals surface area contributed by atoms with Crippen molar-refractivity contribution in [1.29, 1.82) is 0 Å². The van der Waals surface area contributed by atoms with Gasteiger partial charge in [-0.3, -0.25) is 14.4 Å². The van der Waals surface area contributed by atoms with Gasteiger partial charge in [0, 0.05) is 19.0 Å². The van der Waals surface area contributed by atoms with Gasteiger partial charge in [-0.25, -0.2) is 0 Å². The second-order valence-electron chi connectivity index (χ2n) is 6.56. The molecule has 0 aromatic heterocycles. The molecule has 0 radical (unpaired) electrons. The standard InChI is InChI=1S/C18H24N2O4/c1-11(2)20-10-14(9-15(20)21)17(22)19-16(12(3)18(23)24)13-7-5-4-6-8-13/h4-8,11-12,14,16H,9-10H2,1-3H3,(H,19,22)(H,23,24)/t12-,14+,16+/m0/s1. The molecule has 1 aromatic carbocycles. The summed E-state index contributed by atoms with van der Waals surface area (Å²) < 4.78 is 0. The zero-order chi connectivity index (χ0) is 17.9. The van der Waals surface area contributed by atoms with Crippen LogP contribution < -0.4 is 5.32 Å². The number of likely N-dealkylation sites (tertiary alicyclic amines) is 1. The Morgan fingerprint density at radius 3 is 2.33 bits per heavy atom. The summed E-state index contributed by atoms with van der Waals surface area (Å²) in [6.45, 7) is 5.78. The van der Waals surface area contributed by atoms with Crippen molar-refractivity contribution in [1.82, 2.24) is 10.2 Å². The fourth-order valence-electron chi connectivity index (χ4n) is 2.98. The van der Waals surface area contributed by atoms with Gasteiger partial charge in [-0.2, -0.15) is 0 Å². The molecule has 2 N–H and O–H groups in total. The molecule has 2 amide bonds. The third-order valence-electron chi connectivity index (χ3n) is 4.50. The first-order valence-corrected chi connectivity index (χ1v) is 8.18. The minimum atomic E-state index is -0.976. The first-order valence-electron chi connectivity index (χ1n) is 8.18. The highest BCUT2D eigenvalue weighted by molar-refractivity contribution is 5.89. The lowest BCUT2D eigenvalue weighted by molar-refractivity contribution is -0.142. The van der Waals surface area contributed by atoms with E-state index in [4.69, 9.17) is 0 Å². The Balaban J connectivity index is 2.14. The molecule has 6 heteroatoms. The molecule has 130 valence electrons. The molecule has 0 unspecified atom stereocenters. The van der Waals surface area contributed by atoms with Crippen LogP contribution in [-0.4, -0.2) is 40.4 Å². The monoisotopic (exact) mass is 332 g/mol. The maximum Gasteiger partial charge on any atom is 0.308 e. The predicted molar refractivity (Wildman–Crippen MR) is 89.1 cm³/mol. The van der Waals surface area contributed by atoms with E-state index in [1.165, 1.54) is 0 Å². The van der Waals surface area contributed by atoms with Crippen LogP contribution in [0.5, 0.6) is 0 Å². The average molecular weight is 332 g/mol. The van der Waals surface area contributed by atoms with Crippen molar-refractivity contribution in [2.75, 3.05) is 6.54 Å². The highest BCUT2D eigenvalue weighted by Crippen LogP contribution is 2.25. The summed E-state index contributed by atoms with van der Waals surface area (Å²) in [6, 6.07) is 8.47. The Labute approximate surface area is 141 Å². The molecular weight excluding hydrogens is 308 g/mol. The molecule has 1 aliphatic heterocycles. The second-order valence-corrected chi connectivity index (χ2v) is 6.56. The number of benzene rings is 1. The van der Waals surface area contributed by atoms with Gasteiger partial charge in [0.05, 0.1) is 17.9 Å². The number of carbonyl (C=O) groups is 3. The number of hydrogen-bond donors (Lipinski definition) is 2. The minimum absolute atomic E-state index is 0.0345. The summed E-state index contributed by atoms with van der Waals surface area (Å²) in [7, 11) is 0. The van der Waals surface area contributed by atoms with Gasteiger partial charge in [-0.15, -0.1) is 0 Å². The van der Waals surface area contributed by atoms with Gasteiger partial charge < -0.3 is 15.3 Å². The Morgan fingerprint density at radius 1 is 1.21 bits per heavy atom. The summed E-state index contributed by atoms with van der Waals surface area (Å²) in [4.78, 5) is 37.6. The number of carbonyl (C=O) groups excluding carboxylic acids is 2. The third-order valence-corrected chi connectivity index (χ3v) is 4.50. The molecular formula is C18H24N2O4. The Morgan fingerprint density at radius 2 is 1.83 bits per heavy atom. The van der Waals surface area contributed by atoms with E-state index >= 15 is 0 Å². The number of nitrogens with zero attached hydrogens (tertiary/aromatic N) is 1. The summed E-state index contributed by atoms with van der Waals surface area (Å²) >= 11 is 0. The van der Waals surface area contributed by atoms with Gasteiger partial charge >= 0.3 is 5.97 Å². The molecule has 1 saturated heterocycles. The van der Waals surface area contributed by atoms with Crippen LogP contribution in [0.3, 0.4) is 0 Å². The Bertz CT molecular complexity index is 615. The summed E-state index contributed by atoms with van der Waals surface area (Å²) in [5, 5.41) is 12.2. The zero-order valence-corrected chi connectivity index (χ0v) is 14.2. The quantitative estimate of drug-likeness (QED) is 0.832. The molecule has 1 aromatic rings. The normalized spacial score (nSPS) is 20.1. The van der Waals surface area contributed by atoms with Crippen LogP contribution in [-0.2, 0) is 14.4 Å². The van der Waals surface area contributed by atoms with Crippen LogP contribution in [0.1, 0.15) is 38.8 Å². The van der Waals surface area contributed by atoms with Crippen molar-refractivity contribution in [3.05, 3.63) is 35.9 Å². The molecule has 6 nitrogen and oxygen atoms in total. The number of hydrogen-bond acceptors (Lipinski definition) is 3. The average Bonchev–Trinajstić information content (AvgIpc) is 2.94. The SMILES string of the molecule is CC(C)N1C[C@H](C(=O)N[C@@H](c2ccccc2)[C@H](C)C(=O)O)CC1=O. The molecule has 0 saturated carbocycles. The number of carboxylic acid groups (broad SMARTS) is 1. The van der Waals surface area contributed by atoms with Crippen molar-refractivity contribution in [3.63, 3.8) is 0 Å². The van der Waals surface area contributed by atoms with Gasteiger partial charge in [0.15, 0.2) is 0 Å². The number of carboxylic acids is 1. The molecule has 0 aliphatic carbocycles. The van der Waals surface area contributed by atoms with Crippen molar-refractivity contribution >= 4 is 17.8 Å². The maximum atomic E-state index is 12.6. The van der Waals surface area contributed by atoms with Crippen LogP contribution in [0.15, 0.2) is 30.3 Å². The molecule has 2 rings (SSSR count). The third kappa shape index (κ3) is 3.93. The molecule has 1 aliphatic rings. The van der Waals surface area contributed by atoms with Crippen molar-refractivity contribution in [2.24, 2.45) is 11.8 Å². The van der Waals surface area contributed by atoms with Crippen LogP contribution in [0.25, 0.3) is 0 Å². The van der Waals surface area contributed by atoms with E-state index in [0.29, 0.717) is 6.54 Å². The fraction of sp³-hybridized carbons (Fsp3) is 0.500. The number of amides is 2. The van der Waals surface area contributed by atoms with Crippen molar-refractivity contribution < 1.29 is 19.5 Å². The van der Waals surface area contributed by atoms with Gasteiger partial charge in [0.25, 0.3) is 0 Å². The predicted octanol–water partition coefficient (Wildman–Crippen LogP) is 1.82. The zero-order valence-electron chi connectivity index (χ0n) is 14.2. The lowest BCUT2D eigenvalue weighted by Crippen LogP contribution is -2.40. The fourth-order valence-corrected chi connectivity index (χ4v) is 2.98. The van der Waals surface area contributed by atoms with Gasteiger partial charge in [0.2, 0.25) is 11.8 Å². The molecule has 1 fully saturated rings. The van der Waals surface area contributed by atoms with E-state index < -0.39 is 23.8 Å². The van der Waals surface area contributed by atoms with E-state index in [9.17, 15) is 19.5 Å². The van der Waals surface area contributed by atoms with Gasteiger partial charge in [-0.1, -0.05) is 30.3 Å². The Hall–Kier alpha value is -2.37. The second kappa shape index (κ2) is 7.47. The summed E-state index contributed by atoms with van der Waals surface area (Å²) in [5.74, 6) is -2.49. The van der Waals surface area contributed by atoms with Crippen LogP contribution in [0.2, 0.25) is 0 Å². The number of aliphatic carboxylic acids is 1. The van der Waals surface area contributed by atoms with Gasteiger partial charge in [0.1, 0.15) is 0 Å². The smallest absolute Gasteiger partial charge is 0.308 e. The number of nitrogens with one attached hydrogen (secondary N) is 1. The first kappa shape index (κ1) is 18.0. The lowest BCUT2D eigenvalue weighted by atomic mass is 9.93. The van der Waals surface area contributed by atoms with Gasteiger partial charge in [-0.05, 0) is 26.3 Å². The van der Waals surface area contributed by atoms with E-state index in [1.54, 1.807) is 24.0 Å². The van der Waals surface area contributed by atoms with Crippen LogP contribution in [0, 0.1) is 11.8 Å². The minimum Gasteiger partial charge on any atom is -0.481 e. The summed E-state index contributed by atoms with van der Waals surface area (Å²) in [6.07, 6.45) is 0.174.